The van der Waals surface area contributed by atoms with Crippen molar-refractivity contribution in [3.8, 4) is 6.07 Å². The van der Waals surface area contributed by atoms with Crippen molar-refractivity contribution in [2.75, 3.05) is 6.54 Å². The molecular weight excluding hydrogens is 256 g/mol. The van der Waals surface area contributed by atoms with Crippen LogP contribution < -0.4 is 5.32 Å². The second-order valence-electron chi connectivity index (χ2n) is 3.87. The van der Waals surface area contributed by atoms with Gasteiger partial charge in [-0.15, -0.1) is 0 Å². The Kier molecular flexibility index (Phi) is 4.90. The first kappa shape index (κ1) is 13.5. The van der Waals surface area contributed by atoms with Gasteiger partial charge in [-0.25, -0.2) is 4.98 Å². The highest BCUT2D eigenvalue weighted by Crippen LogP contribution is 2.28. The number of nitriles is 1. The molecule has 2 aromatic rings. The molecule has 0 unspecified atom stereocenters. The molecule has 0 aliphatic heterocycles. The van der Waals surface area contributed by atoms with Crippen LogP contribution >= 0.6 is 11.8 Å². The summed E-state index contributed by atoms with van der Waals surface area (Å²) in [6, 6.07) is 8.15. The fourth-order valence-corrected chi connectivity index (χ4v) is 2.39. The summed E-state index contributed by atoms with van der Waals surface area (Å²) >= 11 is 1.45. The van der Waals surface area contributed by atoms with Crippen LogP contribution in [0, 0.1) is 11.3 Å². The zero-order valence-corrected chi connectivity index (χ0v) is 11.4. The molecule has 1 aromatic heterocycles. The van der Waals surface area contributed by atoms with Crippen molar-refractivity contribution in [2.24, 2.45) is 0 Å². The first-order chi connectivity index (χ1) is 9.33. The highest BCUT2D eigenvalue weighted by molar-refractivity contribution is 7.99. The van der Waals surface area contributed by atoms with Crippen molar-refractivity contribution in [1.29, 1.82) is 5.26 Å². The van der Waals surface area contributed by atoms with Crippen LogP contribution in [0.2, 0.25) is 0 Å². The second-order valence-corrected chi connectivity index (χ2v) is 4.93. The fourth-order valence-electron chi connectivity index (χ4n) is 1.58. The average Bonchev–Trinajstić information content (AvgIpc) is 2.47. The molecule has 1 aromatic carbocycles. The summed E-state index contributed by atoms with van der Waals surface area (Å²) in [6.07, 6.45) is 4.97. The average molecular weight is 270 g/mol. The van der Waals surface area contributed by atoms with E-state index in [1.807, 2.05) is 18.2 Å². The lowest BCUT2D eigenvalue weighted by Crippen LogP contribution is -2.11. The minimum absolute atomic E-state index is 0.672. The zero-order chi connectivity index (χ0) is 13.5. The van der Waals surface area contributed by atoms with E-state index < -0.39 is 0 Å². The molecule has 0 saturated heterocycles. The van der Waals surface area contributed by atoms with E-state index in [4.69, 9.17) is 0 Å². The molecule has 0 fully saturated rings. The van der Waals surface area contributed by atoms with Crippen molar-refractivity contribution in [3.63, 3.8) is 0 Å². The summed E-state index contributed by atoms with van der Waals surface area (Å²) in [5, 5.41) is 13.3. The normalized spacial score (nSPS) is 10.1. The van der Waals surface area contributed by atoms with Crippen molar-refractivity contribution in [3.05, 3.63) is 47.9 Å². The molecule has 0 amide bonds. The predicted molar refractivity (Wildman–Crippen MR) is 74.7 cm³/mol. The molecule has 0 aliphatic rings. The lowest BCUT2D eigenvalue weighted by Gasteiger charge is -2.06. The van der Waals surface area contributed by atoms with E-state index in [0.29, 0.717) is 5.56 Å². The van der Waals surface area contributed by atoms with Gasteiger partial charge in [-0.2, -0.15) is 5.26 Å². The lowest BCUT2D eigenvalue weighted by molar-refractivity contribution is 0.726. The first-order valence-electron chi connectivity index (χ1n) is 6.01. The Morgan fingerprint density at radius 3 is 2.95 bits per heavy atom. The van der Waals surface area contributed by atoms with Gasteiger partial charge in [-0.05, 0) is 24.2 Å². The van der Waals surface area contributed by atoms with Gasteiger partial charge in [0.25, 0.3) is 0 Å². The van der Waals surface area contributed by atoms with Gasteiger partial charge in [0.1, 0.15) is 11.1 Å². The molecule has 0 bridgehead atoms. The molecule has 0 atom stereocenters. The number of hydrogen-bond donors (Lipinski definition) is 1. The molecule has 96 valence electrons. The van der Waals surface area contributed by atoms with E-state index in [1.54, 1.807) is 18.6 Å². The van der Waals surface area contributed by atoms with E-state index in [9.17, 15) is 5.26 Å². The molecule has 4 nitrogen and oxygen atoms in total. The van der Waals surface area contributed by atoms with Crippen LogP contribution in [0.15, 0.2) is 46.7 Å². The van der Waals surface area contributed by atoms with Gasteiger partial charge in [0.15, 0.2) is 0 Å². The Bertz CT molecular complexity index is 578. The van der Waals surface area contributed by atoms with Gasteiger partial charge in [0.2, 0.25) is 0 Å². The van der Waals surface area contributed by atoms with Crippen molar-refractivity contribution >= 4 is 11.8 Å². The fraction of sp³-hybridized carbons (Fsp3) is 0.214. The van der Waals surface area contributed by atoms with Crippen LogP contribution in [0.25, 0.3) is 0 Å². The third-order valence-corrected chi connectivity index (χ3v) is 3.49. The smallest absolute Gasteiger partial charge is 0.119 e. The third kappa shape index (κ3) is 3.78. The van der Waals surface area contributed by atoms with Gasteiger partial charge in [0.05, 0.1) is 11.8 Å². The molecule has 0 aliphatic carbocycles. The molecule has 2 rings (SSSR count). The van der Waals surface area contributed by atoms with Gasteiger partial charge in [0, 0.05) is 23.8 Å². The number of hydrogen-bond acceptors (Lipinski definition) is 5. The topological polar surface area (TPSA) is 61.6 Å². The van der Waals surface area contributed by atoms with Crippen molar-refractivity contribution < 1.29 is 0 Å². The van der Waals surface area contributed by atoms with E-state index in [2.05, 4.69) is 28.3 Å². The summed E-state index contributed by atoms with van der Waals surface area (Å²) < 4.78 is 0. The van der Waals surface area contributed by atoms with Crippen LogP contribution in [-0.2, 0) is 6.54 Å². The minimum Gasteiger partial charge on any atom is -0.313 e. The molecule has 0 spiro atoms. The number of rotatable bonds is 5. The van der Waals surface area contributed by atoms with E-state index >= 15 is 0 Å². The van der Waals surface area contributed by atoms with Gasteiger partial charge in [-0.3, -0.25) is 4.98 Å². The number of nitrogens with one attached hydrogen (secondary N) is 1. The van der Waals surface area contributed by atoms with E-state index in [0.717, 1.165) is 28.6 Å². The van der Waals surface area contributed by atoms with Crippen LogP contribution in [0.3, 0.4) is 0 Å². The Hall–Kier alpha value is -1.90. The van der Waals surface area contributed by atoms with Crippen molar-refractivity contribution in [2.45, 2.75) is 23.4 Å². The highest BCUT2D eigenvalue weighted by Gasteiger charge is 2.06. The third-order valence-electron chi connectivity index (χ3n) is 2.50. The maximum atomic E-state index is 9.23. The molecule has 1 heterocycles. The second kappa shape index (κ2) is 6.88. The van der Waals surface area contributed by atoms with Crippen LogP contribution in [0.5, 0.6) is 0 Å². The Labute approximate surface area is 116 Å². The maximum absolute atomic E-state index is 9.23. The zero-order valence-electron chi connectivity index (χ0n) is 10.6. The molecule has 19 heavy (non-hydrogen) atoms. The van der Waals surface area contributed by atoms with Crippen LogP contribution in [-0.4, -0.2) is 16.5 Å². The summed E-state index contributed by atoms with van der Waals surface area (Å²) in [6.45, 7) is 3.75. The Morgan fingerprint density at radius 2 is 2.26 bits per heavy atom. The molecule has 1 N–H and O–H groups in total. The maximum Gasteiger partial charge on any atom is 0.119 e. The molecule has 5 heteroatoms. The number of benzene rings is 1. The van der Waals surface area contributed by atoms with E-state index in [1.165, 1.54) is 11.8 Å². The van der Waals surface area contributed by atoms with Crippen LogP contribution in [0.4, 0.5) is 0 Å². The lowest BCUT2D eigenvalue weighted by atomic mass is 10.1. The molecule has 0 saturated carbocycles. The SMILES string of the molecule is CCNCc1ccc(Sc2cnccn2)c(C#N)c1. The van der Waals surface area contributed by atoms with Gasteiger partial charge < -0.3 is 5.32 Å². The van der Waals surface area contributed by atoms with Gasteiger partial charge in [-0.1, -0.05) is 24.8 Å². The number of aromatic nitrogens is 2. The Balaban J connectivity index is 2.19. The van der Waals surface area contributed by atoms with Crippen LogP contribution in [0.1, 0.15) is 18.1 Å². The quantitative estimate of drug-likeness (QED) is 0.905. The molecule has 0 radical (unpaired) electrons. The standard InChI is InChI=1S/C14H14N4S/c1-2-16-9-11-3-4-13(12(7-11)8-15)19-14-10-17-5-6-18-14/h3-7,10,16H,2,9H2,1H3. The van der Waals surface area contributed by atoms with Gasteiger partial charge >= 0.3 is 0 Å². The number of nitrogens with zero attached hydrogens (tertiary/aromatic N) is 3. The summed E-state index contributed by atoms with van der Waals surface area (Å²) in [7, 11) is 0. The summed E-state index contributed by atoms with van der Waals surface area (Å²) in [5.41, 5.74) is 1.79. The predicted octanol–water partition coefficient (Wildman–Crippen LogP) is 2.61. The van der Waals surface area contributed by atoms with Crippen molar-refractivity contribution in [1.82, 2.24) is 15.3 Å². The largest absolute Gasteiger partial charge is 0.313 e. The minimum atomic E-state index is 0.672. The molecular formula is C14H14N4S. The Morgan fingerprint density at radius 1 is 1.37 bits per heavy atom. The van der Waals surface area contributed by atoms with E-state index in [-0.39, 0.29) is 0 Å². The highest BCUT2D eigenvalue weighted by atomic mass is 32.2. The monoisotopic (exact) mass is 270 g/mol. The summed E-state index contributed by atoms with van der Waals surface area (Å²) in [5.74, 6) is 0. The first-order valence-corrected chi connectivity index (χ1v) is 6.82. The summed E-state index contributed by atoms with van der Waals surface area (Å²) in [4.78, 5) is 9.12.